The van der Waals surface area contributed by atoms with E-state index in [1.54, 1.807) is 6.07 Å². The van der Waals surface area contributed by atoms with Crippen molar-refractivity contribution >= 4 is 0 Å². The monoisotopic (exact) mass is 261 g/mol. The number of hydrogen-bond donors (Lipinski definition) is 1. The molecule has 0 atom stereocenters. The minimum atomic E-state index is -0.284. The quantitative estimate of drug-likeness (QED) is 0.909. The molecule has 2 rings (SSSR count). The molecule has 3 nitrogen and oxygen atoms in total. The molecular weight excluding hydrogens is 241 g/mol. The Labute approximate surface area is 113 Å². The minimum absolute atomic E-state index is 0.284. The molecule has 0 unspecified atom stereocenters. The van der Waals surface area contributed by atoms with Gasteiger partial charge in [0.1, 0.15) is 5.82 Å². The van der Waals surface area contributed by atoms with Crippen LogP contribution in [0.3, 0.4) is 0 Å². The highest BCUT2D eigenvalue weighted by Crippen LogP contribution is 2.23. The van der Waals surface area contributed by atoms with Gasteiger partial charge in [-0.25, -0.2) is 4.39 Å². The molecule has 0 saturated heterocycles. The van der Waals surface area contributed by atoms with E-state index in [1.165, 1.54) is 12.1 Å². The fourth-order valence-electron chi connectivity index (χ4n) is 2.74. The average Bonchev–Trinajstić information content (AvgIpc) is 2.39. The highest BCUT2D eigenvalue weighted by atomic mass is 19.1. The maximum absolute atomic E-state index is 13.3. The van der Waals surface area contributed by atoms with Crippen LogP contribution in [0.4, 0.5) is 4.39 Å². The zero-order valence-electron chi connectivity index (χ0n) is 11.3. The van der Waals surface area contributed by atoms with Crippen molar-refractivity contribution in [3.63, 3.8) is 0 Å². The van der Waals surface area contributed by atoms with Gasteiger partial charge >= 0.3 is 0 Å². The number of hydrogen-bond acceptors (Lipinski definition) is 3. The summed E-state index contributed by atoms with van der Waals surface area (Å²) in [6.45, 7) is 0.612. The summed E-state index contributed by atoms with van der Waals surface area (Å²) in [4.78, 5) is 2.21. The van der Waals surface area contributed by atoms with Crippen molar-refractivity contribution in [3.05, 3.63) is 35.1 Å². The van der Waals surface area contributed by atoms with E-state index in [2.05, 4.69) is 11.0 Å². The van der Waals surface area contributed by atoms with Crippen LogP contribution in [0.5, 0.6) is 0 Å². The minimum Gasteiger partial charge on any atom is -0.328 e. The van der Waals surface area contributed by atoms with E-state index < -0.39 is 0 Å². The Bertz CT molecular complexity index is 473. The summed E-state index contributed by atoms with van der Waals surface area (Å²) >= 11 is 0. The van der Waals surface area contributed by atoms with Gasteiger partial charge in [0, 0.05) is 18.6 Å². The first-order chi connectivity index (χ1) is 9.10. The summed E-state index contributed by atoms with van der Waals surface area (Å²) in [7, 11) is 2.04. The first-order valence-electron chi connectivity index (χ1n) is 6.74. The fourth-order valence-corrected chi connectivity index (χ4v) is 2.74. The standard InChI is InChI=1S/C15H20FN3/c1-19(15-6-4-14(18)5-7-15)10-12-8-13(16)3-2-11(12)9-17/h2-3,8,14-15H,4-7,10,18H2,1H3. The number of nitriles is 1. The maximum Gasteiger partial charge on any atom is 0.123 e. The molecule has 1 aromatic carbocycles. The maximum atomic E-state index is 13.3. The summed E-state index contributed by atoms with van der Waals surface area (Å²) in [5.74, 6) is -0.284. The van der Waals surface area contributed by atoms with Gasteiger partial charge in [-0.3, -0.25) is 4.90 Å². The Kier molecular flexibility index (Phi) is 4.52. The third-order valence-electron chi connectivity index (χ3n) is 3.97. The van der Waals surface area contributed by atoms with Gasteiger partial charge in [-0.2, -0.15) is 5.26 Å². The SMILES string of the molecule is CN(Cc1cc(F)ccc1C#N)C1CCC(N)CC1. The molecule has 1 saturated carbocycles. The largest absolute Gasteiger partial charge is 0.328 e. The van der Waals surface area contributed by atoms with Crippen molar-refractivity contribution < 1.29 is 4.39 Å². The van der Waals surface area contributed by atoms with Crippen molar-refractivity contribution in [2.24, 2.45) is 5.73 Å². The first kappa shape index (κ1) is 14.0. The van der Waals surface area contributed by atoms with Crippen LogP contribution in [0.2, 0.25) is 0 Å². The highest BCUT2D eigenvalue weighted by Gasteiger charge is 2.22. The smallest absolute Gasteiger partial charge is 0.123 e. The number of rotatable bonds is 3. The predicted molar refractivity (Wildman–Crippen MR) is 72.8 cm³/mol. The summed E-state index contributed by atoms with van der Waals surface area (Å²) in [5, 5.41) is 9.06. The predicted octanol–water partition coefficient (Wildman–Crippen LogP) is 2.40. The van der Waals surface area contributed by atoms with Gasteiger partial charge in [-0.1, -0.05) is 0 Å². The van der Waals surface area contributed by atoms with Crippen LogP contribution in [0.1, 0.15) is 36.8 Å². The van der Waals surface area contributed by atoms with Crippen molar-refractivity contribution in [3.8, 4) is 6.07 Å². The fraction of sp³-hybridized carbons (Fsp3) is 0.533. The normalized spacial score (nSPS) is 23.3. The topological polar surface area (TPSA) is 53.0 Å². The van der Waals surface area contributed by atoms with E-state index >= 15 is 0 Å². The van der Waals surface area contributed by atoms with E-state index in [9.17, 15) is 4.39 Å². The van der Waals surface area contributed by atoms with Crippen molar-refractivity contribution in [1.82, 2.24) is 4.90 Å². The van der Waals surface area contributed by atoms with Crippen LogP contribution in [-0.2, 0) is 6.54 Å². The van der Waals surface area contributed by atoms with Crippen LogP contribution in [-0.4, -0.2) is 24.0 Å². The summed E-state index contributed by atoms with van der Waals surface area (Å²) in [6.07, 6.45) is 4.25. The van der Waals surface area contributed by atoms with Crippen molar-refractivity contribution in [2.45, 2.75) is 44.3 Å². The van der Waals surface area contributed by atoms with E-state index in [0.717, 1.165) is 31.2 Å². The van der Waals surface area contributed by atoms with Gasteiger partial charge in [0.2, 0.25) is 0 Å². The summed E-state index contributed by atoms with van der Waals surface area (Å²) in [6, 6.07) is 7.28. The molecule has 1 aliphatic carbocycles. The Hall–Kier alpha value is -1.44. The van der Waals surface area contributed by atoms with E-state index in [4.69, 9.17) is 11.0 Å². The van der Waals surface area contributed by atoms with Crippen LogP contribution in [0.15, 0.2) is 18.2 Å². The van der Waals surface area contributed by atoms with E-state index in [0.29, 0.717) is 24.2 Å². The lowest BCUT2D eigenvalue weighted by Gasteiger charge is -2.33. The van der Waals surface area contributed by atoms with Crippen LogP contribution in [0.25, 0.3) is 0 Å². The molecule has 4 heteroatoms. The number of benzene rings is 1. The van der Waals surface area contributed by atoms with Crippen molar-refractivity contribution in [1.29, 1.82) is 5.26 Å². The molecule has 0 spiro atoms. The molecular formula is C15H20FN3. The zero-order chi connectivity index (χ0) is 13.8. The molecule has 19 heavy (non-hydrogen) atoms. The Morgan fingerprint density at radius 3 is 2.68 bits per heavy atom. The molecule has 0 aliphatic heterocycles. The number of nitrogens with two attached hydrogens (primary N) is 1. The lowest BCUT2D eigenvalue weighted by Crippen LogP contribution is -2.38. The Balaban J connectivity index is 2.04. The molecule has 2 N–H and O–H groups in total. The second kappa shape index (κ2) is 6.14. The number of nitrogens with zero attached hydrogens (tertiary/aromatic N) is 2. The van der Waals surface area contributed by atoms with E-state index in [-0.39, 0.29) is 5.82 Å². The van der Waals surface area contributed by atoms with Gasteiger partial charge in [-0.05, 0) is 56.5 Å². The molecule has 0 amide bonds. The molecule has 1 fully saturated rings. The van der Waals surface area contributed by atoms with Crippen molar-refractivity contribution in [2.75, 3.05) is 7.05 Å². The highest BCUT2D eigenvalue weighted by molar-refractivity contribution is 5.37. The second-order valence-corrected chi connectivity index (χ2v) is 5.40. The molecule has 0 aromatic heterocycles. The lowest BCUT2D eigenvalue weighted by molar-refractivity contribution is 0.176. The first-order valence-corrected chi connectivity index (χ1v) is 6.74. The van der Waals surface area contributed by atoms with E-state index in [1.807, 2.05) is 7.05 Å². The molecule has 1 aromatic rings. The molecule has 0 heterocycles. The molecule has 0 radical (unpaired) electrons. The number of halogens is 1. The third-order valence-corrected chi connectivity index (χ3v) is 3.97. The lowest BCUT2D eigenvalue weighted by atomic mass is 9.90. The Morgan fingerprint density at radius 1 is 1.37 bits per heavy atom. The Morgan fingerprint density at radius 2 is 2.05 bits per heavy atom. The zero-order valence-corrected chi connectivity index (χ0v) is 11.3. The van der Waals surface area contributed by atoms with Gasteiger partial charge in [0.25, 0.3) is 0 Å². The van der Waals surface area contributed by atoms with Gasteiger partial charge < -0.3 is 5.73 Å². The van der Waals surface area contributed by atoms with Gasteiger partial charge in [0.05, 0.1) is 11.6 Å². The van der Waals surface area contributed by atoms with Gasteiger partial charge in [-0.15, -0.1) is 0 Å². The third kappa shape index (κ3) is 3.52. The van der Waals surface area contributed by atoms with Crippen LogP contribution >= 0.6 is 0 Å². The molecule has 0 bridgehead atoms. The van der Waals surface area contributed by atoms with Gasteiger partial charge in [0.15, 0.2) is 0 Å². The average molecular weight is 261 g/mol. The summed E-state index contributed by atoms with van der Waals surface area (Å²) in [5.41, 5.74) is 7.22. The summed E-state index contributed by atoms with van der Waals surface area (Å²) < 4.78 is 13.3. The molecule has 1 aliphatic rings. The second-order valence-electron chi connectivity index (χ2n) is 5.40. The van der Waals surface area contributed by atoms with Crippen LogP contribution in [0, 0.1) is 17.1 Å². The van der Waals surface area contributed by atoms with Crippen LogP contribution < -0.4 is 5.73 Å². The molecule has 102 valence electrons.